The Kier molecular flexibility index (Phi) is 4.98. The van der Waals surface area contributed by atoms with Crippen molar-refractivity contribution in [3.8, 4) is 5.75 Å². The number of nitrogens with two attached hydrogens (primary N) is 1. The van der Waals surface area contributed by atoms with E-state index in [0.29, 0.717) is 30.3 Å². The fraction of sp³-hybridized carbons (Fsp3) is 0.538. The van der Waals surface area contributed by atoms with E-state index in [1.165, 1.54) is 4.31 Å². The highest BCUT2D eigenvalue weighted by Crippen LogP contribution is 2.20. The monoisotopic (exact) mass is 299 g/mol. The summed E-state index contributed by atoms with van der Waals surface area (Å²) in [4.78, 5) is 2.49. The second-order valence-corrected chi connectivity index (χ2v) is 6.65. The van der Waals surface area contributed by atoms with Gasteiger partial charge in [-0.15, -0.1) is 0 Å². The molecule has 1 aliphatic rings. The summed E-state index contributed by atoms with van der Waals surface area (Å²) in [5.41, 5.74) is 5.51. The molecule has 1 aliphatic heterocycles. The van der Waals surface area contributed by atoms with Gasteiger partial charge in [0.05, 0.1) is 12.0 Å². The first-order valence-electron chi connectivity index (χ1n) is 6.64. The zero-order valence-electron chi connectivity index (χ0n) is 11.7. The van der Waals surface area contributed by atoms with Crippen molar-refractivity contribution in [2.24, 2.45) is 5.73 Å². The second kappa shape index (κ2) is 6.53. The Hall–Kier alpha value is -1.15. The first kappa shape index (κ1) is 15.2. The van der Waals surface area contributed by atoms with Gasteiger partial charge in [-0.1, -0.05) is 0 Å². The van der Waals surface area contributed by atoms with E-state index < -0.39 is 10.0 Å². The Morgan fingerprint density at radius 1 is 1.15 bits per heavy atom. The average molecular weight is 299 g/mol. The molecule has 1 fully saturated rings. The summed E-state index contributed by atoms with van der Waals surface area (Å²) < 4.78 is 31.6. The molecule has 2 rings (SSSR count). The van der Waals surface area contributed by atoms with Gasteiger partial charge in [-0.3, -0.25) is 4.90 Å². The predicted octanol–water partition coefficient (Wildman–Crippen LogP) is -0.0398. The standard InChI is InChI=1S/C13H21N3O3S/c1-19-12-2-4-13(5-3-12)20(17,18)16-10-8-15(7-6-14)9-11-16/h2-5H,6-11,14H2,1H3. The van der Waals surface area contributed by atoms with Gasteiger partial charge in [-0.05, 0) is 24.3 Å². The third-order valence-corrected chi connectivity index (χ3v) is 5.39. The van der Waals surface area contributed by atoms with E-state index in [1.807, 2.05) is 0 Å². The van der Waals surface area contributed by atoms with Gasteiger partial charge in [0.2, 0.25) is 10.0 Å². The fourth-order valence-electron chi connectivity index (χ4n) is 2.27. The smallest absolute Gasteiger partial charge is 0.243 e. The Balaban J connectivity index is 2.07. The summed E-state index contributed by atoms with van der Waals surface area (Å²) in [6, 6.07) is 6.50. The van der Waals surface area contributed by atoms with Gasteiger partial charge in [0.15, 0.2) is 0 Å². The van der Waals surface area contributed by atoms with Crippen LogP contribution in [0.4, 0.5) is 0 Å². The van der Waals surface area contributed by atoms with Gasteiger partial charge in [0, 0.05) is 39.3 Å². The highest BCUT2D eigenvalue weighted by molar-refractivity contribution is 7.89. The number of hydrogen-bond acceptors (Lipinski definition) is 5. The van der Waals surface area contributed by atoms with Crippen LogP contribution >= 0.6 is 0 Å². The van der Waals surface area contributed by atoms with Crippen molar-refractivity contribution >= 4 is 10.0 Å². The van der Waals surface area contributed by atoms with Crippen molar-refractivity contribution in [1.82, 2.24) is 9.21 Å². The minimum Gasteiger partial charge on any atom is -0.497 e. The van der Waals surface area contributed by atoms with Crippen LogP contribution in [0.1, 0.15) is 0 Å². The molecule has 6 nitrogen and oxygen atoms in total. The lowest BCUT2D eigenvalue weighted by Gasteiger charge is -2.33. The van der Waals surface area contributed by atoms with Crippen LogP contribution in [0, 0.1) is 0 Å². The van der Waals surface area contributed by atoms with Crippen molar-refractivity contribution in [2.45, 2.75) is 4.90 Å². The van der Waals surface area contributed by atoms with E-state index in [2.05, 4.69) is 4.90 Å². The number of rotatable bonds is 5. The van der Waals surface area contributed by atoms with Crippen LogP contribution in [0.2, 0.25) is 0 Å². The van der Waals surface area contributed by atoms with Gasteiger partial charge in [-0.2, -0.15) is 4.31 Å². The van der Waals surface area contributed by atoms with Crippen LogP contribution in [-0.2, 0) is 10.0 Å². The number of methoxy groups -OCH3 is 1. The molecule has 1 heterocycles. The van der Waals surface area contributed by atoms with Crippen molar-refractivity contribution < 1.29 is 13.2 Å². The highest BCUT2D eigenvalue weighted by atomic mass is 32.2. The minimum atomic E-state index is -3.41. The lowest BCUT2D eigenvalue weighted by atomic mass is 10.3. The van der Waals surface area contributed by atoms with E-state index in [-0.39, 0.29) is 0 Å². The molecule has 1 aromatic carbocycles. The molecule has 7 heteroatoms. The van der Waals surface area contributed by atoms with E-state index in [0.717, 1.165) is 19.6 Å². The molecule has 0 atom stereocenters. The molecule has 0 saturated carbocycles. The Morgan fingerprint density at radius 2 is 1.75 bits per heavy atom. The lowest BCUT2D eigenvalue weighted by molar-refractivity contribution is 0.192. The SMILES string of the molecule is COc1ccc(S(=O)(=O)N2CCN(CCN)CC2)cc1. The first-order valence-corrected chi connectivity index (χ1v) is 8.08. The number of benzene rings is 1. The maximum atomic E-state index is 12.5. The molecule has 112 valence electrons. The molecule has 20 heavy (non-hydrogen) atoms. The summed E-state index contributed by atoms with van der Waals surface area (Å²) in [5.74, 6) is 0.650. The van der Waals surface area contributed by atoms with Crippen molar-refractivity contribution in [3.05, 3.63) is 24.3 Å². The molecule has 0 radical (unpaired) electrons. The van der Waals surface area contributed by atoms with Crippen molar-refractivity contribution in [1.29, 1.82) is 0 Å². The molecule has 1 aromatic rings. The van der Waals surface area contributed by atoms with Crippen molar-refractivity contribution in [3.63, 3.8) is 0 Å². The Morgan fingerprint density at radius 3 is 2.25 bits per heavy atom. The summed E-state index contributed by atoms with van der Waals surface area (Å²) >= 11 is 0. The predicted molar refractivity (Wildman–Crippen MR) is 77.2 cm³/mol. The molecular weight excluding hydrogens is 278 g/mol. The van der Waals surface area contributed by atoms with Crippen LogP contribution in [-0.4, -0.2) is 64.0 Å². The van der Waals surface area contributed by atoms with Crippen molar-refractivity contribution in [2.75, 3.05) is 46.4 Å². The zero-order chi connectivity index (χ0) is 14.6. The fourth-order valence-corrected chi connectivity index (χ4v) is 3.70. The molecule has 0 bridgehead atoms. The number of piperazine rings is 1. The van der Waals surface area contributed by atoms with Crippen LogP contribution < -0.4 is 10.5 Å². The maximum Gasteiger partial charge on any atom is 0.243 e. The van der Waals surface area contributed by atoms with Gasteiger partial charge in [0.1, 0.15) is 5.75 Å². The van der Waals surface area contributed by atoms with Crippen LogP contribution in [0.15, 0.2) is 29.2 Å². The van der Waals surface area contributed by atoms with Gasteiger partial charge in [-0.25, -0.2) is 8.42 Å². The van der Waals surface area contributed by atoms with E-state index in [1.54, 1.807) is 31.4 Å². The zero-order valence-corrected chi connectivity index (χ0v) is 12.5. The quantitative estimate of drug-likeness (QED) is 0.826. The normalized spacial score (nSPS) is 18.1. The average Bonchev–Trinajstić information content (AvgIpc) is 2.48. The van der Waals surface area contributed by atoms with E-state index >= 15 is 0 Å². The molecule has 0 spiro atoms. The molecule has 0 unspecified atom stereocenters. The largest absolute Gasteiger partial charge is 0.497 e. The summed E-state index contributed by atoms with van der Waals surface area (Å²) in [6.45, 7) is 3.89. The van der Waals surface area contributed by atoms with E-state index in [4.69, 9.17) is 10.5 Å². The molecule has 0 amide bonds. The Bertz CT molecular complexity index is 522. The third-order valence-electron chi connectivity index (χ3n) is 3.47. The van der Waals surface area contributed by atoms with Gasteiger partial charge < -0.3 is 10.5 Å². The van der Waals surface area contributed by atoms with Gasteiger partial charge >= 0.3 is 0 Å². The highest BCUT2D eigenvalue weighted by Gasteiger charge is 2.28. The third kappa shape index (κ3) is 3.29. The summed E-state index contributed by atoms with van der Waals surface area (Å²) in [6.07, 6.45) is 0. The molecule has 0 aromatic heterocycles. The summed E-state index contributed by atoms with van der Waals surface area (Å²) in [7, 11) is -1.85. The molecule has 1 saturated heterocycles. The maximum absolute atomic E-state index is 12.5. The molecular formula is C13H21N3O3S. The topological polar surface area (TPSA) is 75.9 Å². The van der Waals surface area contributed by atoms with Gasteiger partial charge in [0.25, 0.3) is 0 Å². The molecule has 0 aliphatic carbocycles. The van der Waals surface area contributed by atoms with E-state index in [9.17, 15) is 8.42 Å². The van der Waals surface area contributed by atoms with Crippen LogP contribution in [0.5, 0.6) is 5.75 Å². The van der Waals surface area contributed by atoms with Crippen LogP contribution in [0.3, 0.4) is 0 Å². The number of hydrogen-bond donors (Lipinski definition) is 1. The lowest BCUT2D eigenvalue weighted by Crippen LogP contribution is -2.49. The van der Waals surface area contributed by atoms with Crippen LogP contribution in [0.25, 0.3) is 0 Å². The number of nitrogens with zero attached hydrogens (tertiary/aromatic N) is 2. The second-order valence-electron chi connectivity index (χ2n) is 4.71. The number of sulfonamides is 1. The molecule has 2 N–H and O–H groups in total. The first-order chi connectivity index (χ1) is 9.57. The Labute approximate surface area is 120 Å². The minimum absolute atomic E-state index is 0.311. The summed E-state index contributed by atoms with van der Waals surface area (Å²) in [5, 5.41) is 0. The number of ether oxygens (including phenoxy) is 1.